The highest BCUT2D eigenvalue weighted by Gasteiger charge is 2.10. The summed E-state index contributed by atoms with van der Waals surface area (Å²) in [5.74, 6) is -0.200. The molecule has 1 heterocycles. The van der Waals surface area contributed by atoms with Crippen LogP contribution in [0.1, 0.15) is 21.6 Å². The number of H-pyrrole nitrogens is 1. The highest BCUT2D eigenvalue weighted by atomic mass is 16.1. The minimum atomic E-state index is -0.200. The third-order valence-corrected chi connectivity index (χ3v) is 2.57. The summed E-state index contributed by atoms with van der Waals surface area (Å²) in [5, 5.41) is 17.8. The molecule has 0 radical (unpaired) electrons. The van der Waals surface area contributed by atoms with Crippen LogP contribution in [0.4, 0.5) is 5.69 Å². The molecule has 90 valence electrons. The SMILES string of the molecule is Cc1[nH]ncc1C(=O)Nc1ccc(CC#N)cc1. The molecule has 0 atom stereocenters. The first-order valence-corrected chi connectivity index (χ1v) is 5.48. The molecule has 5 nitrogen and oxygen atoms in total. The van der Waals surface area contributed by atoms with Gasteiger partial charge in [-0.2, -0.15) is 10.4 Å². The molecule has 0 aliphatic carbocycles. The van der Waals surface area contributed by atoms with E-state index in [4.69, 9.17) is 5.26 Å². The summed E-state index contributed by atoms with van der Waals surface area (Å²) in [6.45, 7) is 1.79. The average Bonchev–Trinajstić information content (AvgIpc) is 2.78. The first-order chi connectivity index (χ1) is 8.70. The van der Waals surface area contributed by atoms with Gasteiger partial charge in [0.05, 0.1) is 24.3 Å². The Hall–Kier alpha value is -2.61. The van der Waals surface area contributed by atoms with Crippen LogP contribution in [0.2, 0.25) is 0 Å². The maximum Gasteiger partial charge on any atom is 0.259 e. The Morgan fingerprint density at radius 2 is 2.17 bits per heavy atom. The van der Waals surface area contributed by atoms with Gasteiger partial charge < -0.3 is 5.32 Å². The van der Waals surface area contributed by atoms with Crippen LogP contribution in [0.5, 0.6) is 0 Å². The summed E-state index contributed by atoms with van der Waals surface area (Å²) in [7, 11) is 0. The van der Waals surface area contributed by atoms with Crippen LogP contribution >= 0.6 is 0 Å². The van der Waals surface area contributed by atoms with Gasteiger partial charge in [0.1, 0.15) is 0 Å². The number of nitriles is 1. The topological polar surface area (TPSA) is 81.6 Å². The lowest BCUT2D eigenvalue weighted by Gasteiger charge is -2.04. The monoisotopic (exact) mass is 240 g/mol. The fourth-order valence-corrected chi connectivity index (χ4v) is 1.58. The van der Waals surface area contributed by atoms with Crippen LogP contribution in [-0.2, 0) is 6.42 Å². The van der Waals surface area contributed by atoms with Gasteiger partial charge in [0.2, 0.25) is 0 Å². The highest BCUT2D eigenvalue weighted by molar-refractivity contribution is 6.04. The highest BCUT2D eigenvalue weighted by Crippen LogP contribution is 2.12. The van der Waals surface area contributed by atoms with E-state index >= 15 is 0 Å². The molecule has 18 heavy (non-hydrogen) atoms. The molecular formula is C13H12N4O. The molecule has 0 aliphatic heterocycles. The van der Waals surface area contributed by atoms with E-state index in [-0.39, 0.29) is 5.91 Å². The minimum absolute atomic E-state index is 0.200. The van der Waals surface area contributed by atoms with Crippen LogP contribution < -0.4 is 5.32 Å². The van der Waals surface area contributed by atoms with Crippen LogP contribution in [0.15, 0.2) is 30.5 Å². The number of benzene rings is 1. The molecule has 0 spiro atoms. The molecule has 5 heteroatoms. The van der Waals surface area contributed by atoms with Gasteiger partial charge >= 0.3 is 0 Å². The molecule has 1 aromatic carbocycles. The van der Waals surface area contributed by atoms with Crippen molar-refractivity contribution in [2.45, 2.75) is 13.3 Å². The van der Waals surface area contributed by atoms with Crippen molar-refractivity contribution in [1.82, 2.24) is 10.2 Å². The largest absolute Gasteiger partial charge is 0.322 e. The predicted octanol–water partition coefficient (Wildman–Crippen LogP) is 2.04. The molecule has 2 N–H and O–H groups in total. The molecule has 0 unspecified atom stereocenters. The van der Waals surface area contributed by atoms with Gasteiger partial charge in [-0.25, -0.2) is 0 Å². The average molecular weight is 240 g/mol. The van der Waals surface area contributed by atoms with Gasteiger partial charge in [-0.15, -0.1) is 0 Å². The number of rotatable bonds is 3. The van der Waals surface area contributed by atoms with Gasteiger partial charge in [0.25, 0.3) is 5.91 Å². The van der Waals surface area contributed by atoms with Gasteiger partial charge in [0.15, 0.2) is 0 Å². The summed E-state index contributed by atoms with van der Waals surface area (Å²) in [4.78, 5) is 11.9. The number of hydrogen-bond acceptors (Lipinski definition) is 3. The summed E-state index contributed by atoms with van der Waals surface area (Å²) in [6.07, 6.45) is 1.86. The van der Waals surface area contributed by atoms with Crippen molar-refractivity contribution in [2.75, 3.05) is 5.32 Å². The van der Waals surface area contributed by atoms with E-state index in [0.717, 1.165) is 11.3 Å². The molecular weight excluding hydrogens is 228 g/mol. The first-order valence-electron chi connectivity index (χ1n) is 5.48. The van der Waals surface area contributed by atoms with E-state index in [1.165, 1.54) is 6.20 Å². The lowest BCUT2D eigenvalue weighted by Crippen LogP contribution is -2.12. The summed E-state index contributed by atoms with van der Waals surface area (Å²) < 4.78 is 0. The zero-order valence-corrected chi connectivity index (χ0v) is 9.90. The fraction of sp³-hybridized carbons (Fsp3) is 0.154. The summed E-state index contributed by atoms with van der Waals surface area (Å²) >= 11 is 0. The lowest BCUT2D eigenvalue weighted by atomic mass is 10.1. The van der Waals surface area contributed by atoms with E-state index in [0.29, 0.717) is 17.7 Å². The molecule has 1 amide bonds. The summed E-state index contributed by atoms with van der Waals surface area (Å²) in [6, 6.07) is 9.27. The van der Waals surface area contributed by atoms with Crippen LogP contribution in [0.3, 0.4) is 0 Å². The maximum atomic E-state index is 11.9. The van der Waals surface area contributed by atoms with Crippen molar-refractivity contribution in [3.05, 3.63) is 47.3 Å². The lowest BCUT2D eigenvalue weighted by molar-refractivity contribution is 0.102. The number of aromatic amines is 1. The molecule has 1 aromatic heterocycles. The number of carbonyl (C=O) groups excluding carboxylic acids is 1. The van der Waals surface area contributed by atoms with Crippen molar-refractivity contribution in [1.29, 1.82) is 5.26 Å². The smallest absolute Gasteiger partial charge is 0.259 e. The molecule has 0 fully saturated rings. The second kappa shape index (κ2) is 5.15. The number of aryl methyl sites for hydroxylation is 1. The van der Waals surface area contributed by atoms with Crippen molar-refractivity contribution in [2.24, 2.45) is 0 Å². The molecule has 0 saturated carbocycles. The van der Waals surface area contributed by atoms with Crippen molar-refractivity contribution >= 4 is 11.6 Å². The third-order valence-electron chi connectivity index (χ3n) is 2.57. The number of nitrogens with one attached hydrogen (secondary N) is 2. The van der Waals surface area contributed by atoms with E-state index < -0.39 is 0 Å². The minimum Gasteiger partial charge on any atom is -0.322 e. The first kappa shape index (κ1) is 11.9. The standard InChI is InChI=1S/C13H12N4O/c1-9-12(8-15-17-9)13(18)16-11-4-2-10(3-5-11)6-7-14/h2-5,8H,6H2,1H3,(H,15,17)(H,16,18). The number of aromatic nitrogens is 2. The van der Waals surface area contributed by atoms with Crippen LogP contribution in [-0.4, -0.2) is 16.1 Å². The third kappa shape index (κ3) is 2.55. The van der Waals surface area contributed by atoms with Gasteiger partial charge in [-0.1, -0.05) is 12.1 Å². The van der Waals surface area contributed by atoms with Crippen LogP contribution in [0.25, 0.3) is 0 Å². The second-order valence-electron chi connectivity index (χ2n) is 3.89. The Bertz CT molecular complexity index is 592. The summed E-state index contributed by atoms with van der Waals surface area (Å²) in [5.41, 5.74) is 2.88. The van der Waals surface area contributed by atoms with Crippen molar-refractivity contribution < 1.29 is 4.79 Å². The Morgan fingerprint density at radius 3 is 2.72 bits per heavy atom. The second-order valence-corrected chi connectivity index (χ2v) is 3.89. The van der Waals surface area contributed by atoms with E-state index in [1.54, 1.807) is 19.1 Å². The number of amides is 1. The van der Waals surface area contributed by atoms with Gasteiger partial charge in [-0.05, 0) is 24.6 Å². The number of hydrogen-bond donors (Lipinski definition) is 2. The fourth-order valence-electron chi connectivity index (χ4n) is 1.58. The number of nitrogens with zero attached hydrogens (tertiary/aromatic N) is 2. The van der Waals surface area contributed by atoms with E-state index in [2.05, 4.69) is 21.6 Å². The zero-order valence-electron chi connectivity index (χ0n) is 9.90. The molecule has 0 saturated heterocycles. The molecule has 2 aromatic rings. The number of anilines is 1. The van der Waals surface area contributed by atoms with E-state index in [9.17, 15) is 4.79 Å². The predicted molar refractivity (Wildman–Crippen MR) is 67.0 cm³/mol. The van der Waals surface area contributed by atoms with Crippen LogP contribution in [0, 0.1) is 18.3 Å². The Kier molecular flexibility index (Phi) is 3.39. The quantitative estimate of drug-likeness (QED) is 0.861. The number of carbonyl (C=O) groups is 1. The Morgan fingerprint density at radius 1 is 1.44 bits per heavy atom. The van der Waals surface area contributed by atoms with Crippen molar-refractivity contribution in [3.63, 3.8) is 0 Å². The maximum absolute atomic E-state index is 11.9. The zero-order chi connectivity index (χ0) is 13.0. The van der Waals surface area contributed by atoms with Crippen molar-refractivity contribution in [3.8, 4) is 6.07 Å². The van der Waals surface area contributed by atoms with Gasteiger partial charge in [-0.3, -0.25) is 9.89 Å². The normalized spacial score (nSPS) is 9.78. The van der Waals surface area contributed by atoms with E-state index in [1.807, 2.05) is 12.1 Å². The van der Waals surface area contributed by atoms with Gasteiger partial charge in [0, 0.05) is 11.4 Å². The Labute approximate surface area is 104 Å². The molecule has 0 bridgehead atoms. The Balaban J connectivity index is 2.08. The molecule has 2 rings (SSSR count). The molecule has 0 aliphatic rings.